The van der Waals surface area contributed by atoms with E-state index in [0.29, 0.717) is 0 Å². The molecule has 1 aliphatic heterocycles. The Hall–Kier alpha value is -2.52. The first-order chi connectivity index (χ1) is 15.5. The van der Waals surface area contributed by atoms with Crippen LogP contribution in [-0.4, -0.2) is 20.5 Å². The van der Waals surface area contributed by atoms with Crippen LogP contribution in [0, 0.1) is 34.6 Å². The predicted octanol–water partition coefficient (Wildman–Crippen LogP) is 7.61. The second-order valence-corrected chi connectivity index (χ2v) is 9.22. The maximum absolute atomic E-state index is 6.47. The Morgan fingerprint density at radius 3 is 1.94 bits per heavy atom. The Bertz CT molecular complexity index is 1220. The molecular weight excluding hydrogens is 403 g/mol. The zero-order valence-electron chi connectivity index (χ0n) is 21.9. The lowest BCUT2D eigenvalue weighted by Crippen LogP contribution is -2.34. The third kappa shape index (κ3) is 3.91. The Morgan fingerprint density at radius 2 is 1.39 bits per heavy atom. The molecule has 0 saturated carbocycles. The zero-order valence-corrected chi connectivity index (χ0v) is 21.9. The van der Waals surface area contributed by atoms with Gasteiger partial charge in [0.2, 0.25) is 0 Å². The van der Waals surface area contributed by atoms with Crippen molar-refractivity contribution in [1.29, 1.82) is 0 Å². The summed E-state index contributed by atoms with van der Waals surface area (Å²) in [6.07, 6.45) is 4.05. The summed E-state index contributed by atoms with van der Waals surface area (Å²) in [5, 5.41) is 2.39. The molecule has 2 radical (unpaired) electrons. The van der Waals surface area contributed by atoms with E-state index in [1.807, 2.05) is 32.9 Å². The molecule has 0 bridgehead atoms. The van der Waals surface area contributed by atoms with Gasteiger partial charge in [-0.15, -0.1) is 0 Å². The normalized spacial score (nSPS) is 18.7. The van der Waals surface area contributed by atoms with Crippen LogP contribution in [0.2, 0.25) is 0 Å². The molecule has 1 aliphatic rings. The molecule has 2 nitrogen and oxygen atoms in total. The summed E-state index contributed by atoms with van der Waals surface area (Å²) in [6.45, 7) is 19.0. The summed E-state index contributed by atoms with van der Waals surface area (Å²) >= 11 is 0. The molecule has 3 aromatic rings. The highest BCUT2D eigenvalue weighted by molar-refractivity contribution is 6.17. The topological polar surface area (TPSA) is 18.5 Å². The predicted molar refractivity (Wildman–Crippen MR) is 143 cm³/mol. The van der Waals surface area contributed by atoms with Gasteiger partial charge in [0.05, 0.1) is 5.50 Å². The fraction of sp³-hybridized carbons (Fsp3) is 0.400. The number of rotatable bonds is 3. The highest BCUT2D eigenvalue weighted by atomic mass is 16.5. The average molecular weight is 440 g/mol. The maximum atomic E-state index is 6.47. The summed E-state index contributed by atoms with van der Waals surface area (Å²) in [6, 6.07) is 10.4. The van der Waals surface area contributed by atoms with E-state index in [1.54, 1.807) is 7.11 Å². The van der Waals surface area contributed by atoms with Crippen LogP contribution in [0.15, 0.2) is 36.4 Å². The molecule has 2 unspecified atom stereocenters. The molecule has 0 aliphatic carbocycles. The van der Waals surface area contributed by atoms with Gasteiger partial charge in [-0.25, -0.2) is 0 Å². The maximum Gasteiger partial charge on any atom is 0.137 e. The van der Waals surface area contributed by atoms with Crippen LogP contribution >= 0.6 is 0 Å². The number of hydrogen-bond acceptors (Lipinski definition) is 2. The first-order valence-corrected chi connectivity index (χ1v) is 11.9. The number of benzene rings is 3. The molecule has 0 N–H and O–H groups in total. The van der Waals surface area contributed by atoms with E-state index >= 15 is 0 Å². The van der Waals surface area contributed by atoms with E-state index in [9.17, 15) is 0 Å². The van der Waals surface area contributed by atoms with Crippen molar-refractivity contribution in [3.05, 3.63) is 80.9 Å². The molecule has 0 saturated heterocycles. The zero-order chi connectivity index (χ0) is 24.7. The lowest BCUT2D eigenvalue weighted by Gasteiger charge is -2.38. The van der Waals surface area contributed by atoms with Gasteiger partial charge in [0, 0.05) is 23.6 Å². The third-order valence-electron chi connectivity index (χ3n) is 7.29. The minimum absolute atomic E-state index is 0.640. The lowest BCUT2D eigenvalue weighted by atomic mass is 9.74. The number of aryl methyl sites for hydroxylation is 3. The van der Waals surface area contributed by atoms with Crippen LogP contribution in [0.5, 0.6) is 5.75 Å². The smallest absolute Gasteiger partial charge is 0.137 e. The summed E-state index contributed by atoms with van der Waals surface area (Å²) < 4.78 is 12.7. The van der Waals surface area contributed by atoms with Crippen molar-refractivity contribution in [1.82, 2.24) is 0 Å². The van der Waals surface area contributed by atoms with Crippen molar-refractivity contribution in [3.8, 4) is 5.75 Å². The first-order valence-electron chi connectivity index (χ1n) is 11.9. The van der Waals surface area contributed by atoms with E-state index in [4.69, 9.17) is 17.3 Å². The fourth-order valence-electron chi connectivity index (χ4n) is 5.14. The van der Waals surface area contributed by atoms with Crippen LogP contribution in [0.25, 0.3) is 16.8 Å². The van der Waals surface area contributed by atoms with Gasteiger partial charge in [-0.2, -0.15) is 0 Å². The summed E-state index contributed by atoms with van der Waals surface area (Å²) in [7, 11) is 8.22. The molecule has 3 heteroatoms. The molecule has 2 atom stereocenters. The SMILES string of the molecule is CC.[B]C1(C)C=Cc2c(C(C)(OC)c3ccccc3)c(C)c3c(C)c(C)c(C)c(C)c3c2O1. The van der Waals surface area contributed by atoms with Gasteiger partial charge in [-0.3, -0.25) is 0 Å². The highest BCUT2D eigenvalue weighted by Crippen LogP contribution is 2.50. The van der Waals surface area contributed by atoms with Gasteiger partial charge in [-0.1, -0.05) is 56.3 Å². The van der Waals surface area contributed by atoms with E-state index in [0.717, 1.165) is 27.8 Å². The van der Waals surface area contributed by atoms with Crippen LogP contribution in [0.3, 0.4) is 0 Å². The van der Waals surface area contributed by atoms with Crippen molar-refractivity contribution < 1.29 is 9.47 Å². The summed E-state index contributed by atoms with van der Waals surface area (Å²) in [5.74, 6) is 0.853. The van der Waals surface area contributed by atoms with Crippen molar-refractivity contribution in [3.63, 3.8) is 0 Å². The van der Waals surface area contributed by atoms with Gasteiger partial charge < -0.3 is 9.47 Å². The largest absolute Gasteiger partial charge is 0.492 e. The van der Waals surface area contributed by atoms with Crippen LogP contribution in [-0.2, 0) is 10.3 Å². The second-order valence-electron chi connectivity index (χ2n) is 9.22. The van der Waals surface area contributed by atoms with E-state index in [-0.39, 0.29) is 0 Å². The van der Waals surface area contributed by atoms with Crippen molar-refractivity contribution in [2.24, 2.45) is 0 Å². The number of hydrogen-bond donors (Lipinski definition) is 0. The van der Waals surface area contributed by atoms with Crippen molar-refractivity contribution in [2.75, 3.05) is 7.11 Å². The van der Waals surface area contributed by atoms with E-state index in [2.05, 4.69) is 71.9 Å². The molecule has 172 valence electrons. The molecule has 0 amide bonds. The quantitative estimate of drug-likeness (QED) is 0.390. The Morgan fingerprint density at radius 1 is 0.848 bits per heavy atom. The second kappa shape index (κ2) is 9.03. The van der Waals surface area contributed by atoms with Gasteiger partial charge >= 0.3 is 0 Å². The molecule has 0 aromatic heterocycles. The Balaban J connectivity index is 0.00000149. The van der Waals surface area contributed by atoms with Gasteiger partial charge in [0.25, 0.3) is 0 Å². The highest BCUT2D eigenvalue weighted by Gasteiger charge is 2.37. The Kier molecular flexibility index (Phi) is 6.87. The van der Waals surface area contributed by atoms with Gasteiger partial charge in [-0.05, 0) is 87.2 Å². The monoisotopic (exact) mass is 440 g/mol. The lowest BCUT2D eigenvalue weighted by molar-refractivity contribution is 0.0381. The Labute approximate surface area is 201 Å². The minimum atomic E-state index is -0.859. The van der Waals surface area contributed by atoms with Crippen molar-refractivity contribution >= 4 is 24.7 Å². The van der Waals surface area contributed by atoms with Crippen LogP contribution in [0.1, 0.15) is 72.2 Å². The summed E-state index contributed by atoms with van der Waals surface area (Å²) in [4.78, 5) is 0. The number of ether oxygens (including phenoxy) is 2. The molecule has 4 rings (SSSR count). The van der Waals surface area contributed by atoms with E-state index in [1.165, 1.54) is 33.2 Å². The molecule has 0 fully saturated rings. The van der Waals surface area contributed by atoms with Gasteiger partial charge in [0.1, 0.15) is 19.2 Å². The molecule has 3 aromatic carbocycles. The summed E-state index contributed by atoms with van der Waals surface area (Å²) in [5.41, 5.74) is 8.15. The first kappa shape index (κ1) is 25.1. The molecular formula is C30H37BO2. The van der Waals surface area contributed by atoms with Crippen LogP contribution in [0.4, 0.5) is 0 Å². The number of methoxy groups -OCH3 is 1. The van der Waals surface area contributed by atoms with E-state index < -0.39 is 11.1 Å². The minimum Gasteiger partial charge on any atom is -0.492 e. The molecule has 33 heavy (non-hydrogen) atoms. The standard InChI is InChI=1S/C28H31BO2.C2H6/c1-16-17(2)19(4)24-23(18(16)3)20(5)25(22-14-15-27(6,29)31-26(22)24)28(7,30-8)21-12-10-9-11-13-21;1-2/h9-15H,1-8H3;1-2H3. The fourth-order valence-corrected chi connectivity index (χ4v) is 5.14. The van der Waals surface area contributed by atoms with Gasteiger partial charge in [0.15, 0.2) is 0 Å². The third-order valence-corrected chi connectivity index (χ3v) is 7.29. The average Bonchev–Trinajstić information content (AvgIpc) is 2.82. The van der Waals surface area contributed by atoms with Crippen LogP contribution < -0.4 is 4.74 Å². The molecule has 0 spiro atoms. The van der Waals surface area contributed by atoms with Crippen molar-refractivity contribution in [2.45, 2.75) is 73.4 Å². The molecule has 1 heterocycles. The number of fused-ring (bicyclic) bond motifs is 3.